The van der Waals surface area contributed by atoms with E-state index in [2.05, 4.69) is 27.3 Å². The van der Waals surface area contributed by atoms with E-state index in [9.17, 15) is 8.42 Å². The summed E-state index contributed by atoms with van der Waals surface area (Å²) in [5, 5.41) is 0. The Morgan fingerprint density at radius 3 is 2.57 bits per heavy atom. The van der Waals surface area contributed by atoms with Crippen molar-refractivity contribution in [3.8, 4) is 0 Å². The van der Waals surface area contributed by atoms with Crippen LogP contribution in [0.15, 0.2) is 59.5 Å². The van der Waals surface area contributed by atoms with E-state index in [0.29, 0.717) is 13.2 Å². The molecule has 0 spiro atoms. The lowest BCUT2D eigenvalue weighted by atomic mass is 10.0. The van der Waals surface area contributed by atoms with E-state index >= 15 is 0 Å². The predicted molar refractivity (Wildman–Crippen MR) is 113 cm³/mol. The fraction of sp³-hybridized carbons (Fsp3) is 0.400. The van der Waals surface area contributed by atoms with Gasteiger partial charge in [-0.15, -0.1) is 0 Å². The maximum Gasteiger partial charge on any atom is 0.241 e. The number of sulfonamides is 1. The largest absolute Gasteiger partial charge is 0.370 e. The van der Waals surface area contributed by atoms with Gasteiger partial charge in [-0.05, 0) is 24.6 Å². The quantitative estimate of drug-likeness (QED) is 0.474. The lowest BCUT2D eigenvalue weighted by Gasteiger charge is -2.38. The lowest BCUT2D eigenvalue weighted by Crippen LogP contribution is -2.58. The Balaban J connectivity index is 1.49. The van der Waals surface area contributed by atoms with E-state index in [4.69, 9.17) is 14.2 Å². The molecule has 2 bridgehead atoms. The van der Waals surface area contributed by atoms with Gasteiger partial charge < -0.3 is 14.2 Å². The molecule has 5 atom stereocenters. The van der Waals surface area contributed by atoms with Crippen LogP contribution in [0, 0.1) is 6.92 Å². The maximum absolute atomic E-state index is 12.9. The van der Waals surface area contributed by atoms with Crippen LogP contribution in [-0.4, -0.2) is 43.5 Å². The molecule has 28 heavy (non-hydrogen) atoms. The number of rotatable bonds is 6. The summed E-state index contributed by atoms with van der Waals surface area (Å²) in [6, 6.07) is 16.1. The molecule has 4 rings (SSSR count). The number of fused-ring (bicyclic) bond motifs is 2. The van der Waals surface area contributed by atoms with Gasteiger partial charge in [0.1, 0.15) is 6.10 Å². The highest BCUT2D eigenvalue weighted by Crippen LogP contribution is 2.35. The first-order chi connectivity index (χ1) is 13.4. The number of halogens is 1. The molecular weight excluding hydrogens is 493 g/mol. The second-order valence-electron chi connectivity index (χ2n) is 7.04. The van der Waals surface area contributed by atoms with Gasteiger partial charge in [0.2, 0.25) is 10.0 Å². The molecule has 2 aromatic rings. The molecule has 150 valence electrons. The standard InChI is InChI=1S/C20H22INO5S/c1-13-7-9-15(10-8-13)28(23,24)22-18-17(21)19(16-12-26-20(18)27-16)25-11-14-5-3-2-4-6-14/h2-10,16-20,22H,11-12H2,1H3/t16-,17-,18-,19-,20-/m1/s1. The van der Waals surface area contributed by atoms with E-state index in [0.717, 1.165) is 11.1 Å². The van der Waals surface area contributed by atoms with E-state index in [1.807, 2.05) is 37.3 Å². The maximum atomic E-state index is 12.9. The van der Waals surface area contributed by atoms with Crippen molar-refractivity contribution in [2.45, 2.75) is 46.9 Å². The number of hydrogen-bond acceptors (Lipinski definition) is 5. The molecule has 0 unspecified atom stereocenters. The summed E-state index contributed by atoms with van der Waals surface area (Å²) in [5.74, 6) is 0. The molecule has 6 nitrogen and oxygen atoms in total. The third-order valence-corrected chi connectivity index (χ3v) is 7.92. The average molecular weight is 515 g/mol. The summed E-state index contributed by atoms with van der Waals surface area (Å²) >= 11 is 2.25. The zero-order valence-electron chi connectivity index (χ0n) is 15.3. The van der Waals surface area contributed by atoms with Gasteiger partial charge in [-0.2, -0.15) is 0 Å². The summed E-state index contributed by atoms with van der Waals surface area (Å²) in [6.45, 7) is 2.75. The fourth-order valence-corrected chi connectivity index (χ4v) is 6.09. The van der Waals surface area contributed by atoms with Crippen molar-refractivity contribution in [3.05, 3.63) is 65.7 Å². The molecule has 0 aliphatic carbocycles. The van der Waals surface area contributed by atoms with Crippen molar-refractivity contribution in [1.82, 2.24) is 4.72 Å². The van der Waals surface area contributed by atoms with Gasteiger partial charge in [0.05, 0.1) is 34.2 Å². The van der Waals surface area contributed by atoms with Crippen molar-refractivity contribution >= 4 is 32.6 Å². The fourth-order valence-electron chi connectivity index (χ4n) is 3.41. The van der Waals surface area contributed by atoms with E-state index < -0.39 is 22.4 Å². The first kappa shape index (κ1) is 20.2. The zero-order valence-corrected chi connectivity index (χ0v) is 18.3. The van der Waals surface area contributed by atoms with E-state index in [-0.39, 0.29) is 21.0 Å². The molecule has 2 fully saturated rings. The minimum absolute atomic E-state index is 0.132. The molecule has 0 saturated carbocycles. The van der Waals surface area contributed by atoms with Crippen LogP contribution < -0.4 is 4.72 Å². The number of nitrogens with one attached hydrogen (secondary N) is 1. The topological polar surface area (TPSA) is 73.9 Å². The Labute approximate surface area is 178 Å². The highest BCUT2D eigenvalue weighted by atomic mass is 127. The number of hydrogen-bond donors (Lipinski definition) is 1. The molecule has 2 aliphatic rings. The Hall–Kier alpha value is -1.04. The number of ether oxygens (including phenoxy) is 3. The zero-order chi connectivity index (χ0) is 19.7. The summed E-state index contributed by atoms with van der Waals surface area (Å²) < 4.78 is 46.1. The van der Waals surface area contributed by atoms with Gasteiger partial charge in [0.15, 0.2) is 6.29 Å². The van der Waals surface area contributed by atoms with Crippen LogP contribution in [-0.2, 0) is 30.8 Å². The second-order valence-corrected chi connectivity index (χ2v) is 10.2. The van der Waals surface area contributed by atoms with Crippen LogP contribution in [0.4, 0.5) is 0 Å². The molecule has 2 aromatic carbocycles. The molecule has 2 saturated heterocycles. The third kappa shape index (κ3) is 4.27. The van der Waals surface area contributed by atoms with Crippen LogP contribution in [0.5, 0.6) is 0 Å². The smallest absolute Gasteiger partial charge is 0.241 e. The highest BCUT2D eigenvalue weighted by molar-refractivity contribution is 14.1. The van der Waals surface area contributed by atoms with Crippen LogP contribution in [0.2, 0.25) is 0 Å². The molecule has 0 radical (unpaired) electrons. The van der Waals surface area contributed by atoms with Crippen LogP contribution >= 0.6 is 22.6 Å². The van der Waals surface area contributed by atoms with Crippen molar-refractivity contribution < 1.29 is 22.6 Å². The molecule has 2 heterocycles. The Morgan fingerprint density at radius 1 is 1.14 bits per heavy atom. The van der Waals surface area contributed by atoms with Crippen molar-refractivity contribution in [2.75, 3.05) is 6.61 Å². The summed E-state index contributed by atoms with van der Waals surface area (Å²) in [4.78, 5) is 0.226. The van der Waals surface area contributed by atoms with Crippen LogP contribution in [0.1, 0.15) is 11.1 Å². The van der Waals surface area contributed by atoms with Gasteiger partial charge in [0.25, 0.3) is 0 Å². The first-order valence-electron chi connectivity index (χ1n) is 9.10. The third-order valence-electron chi connectivity index (χ3n) is 4.96. The molecule has 1 N–H and O–H groups in total. The van der Waals surface area contributed by atoms with Crippen molar-refractivity contribution in [2.24, 2.45) is 0 Å². The Morgan fingerprint density at radius 2 is 1.86 bits per heavy atom. The minimum Gasteiger partial charge on any atom is -0.370 e. The molecule has 0 aromatic heterocycles. The van der Waals surface area contributed by atoms with Crippen LogP contribution in [0.3, 0.4) is 0 Å². The van der Waals surface area contributed by atoms with Gasteiger partial charge in [-0.25, -0.2) is 13.1 Å². The number of benzene rings is 2. The highest BCUT2D eigenvalue weighted by Gasteiger charge is 2.51. The minimum atomic E-state index is -3.69. The van der Waals surface area contributed by atoms with Gasteiger partial charge in [-0.3, -0.25) is 0 Å². The van der Waals surface area contributed by atoms with Gasteiger partial charge in [0, 0.05) is 0 Å². The van der Waals surface area contributed by atoms with E-state index in [1.165, 1.54) is 0 Å². The number of alkyl halides is 1. The second kappa shape index (κ2) is 8.37. The number of aryl methyl sites for hydroxylation is 1. The summed E-state index contributed by atoms with van der Waals surface area (Å²) in [6.07, 6.45) is -1.08. The van der Waals surface area contributed by atoms with Crippen LogP contribution in [0.25, 0.3) is 0 Å². The SMILES string of the molecule is Cc1ccc(S(=O)(=O)N[C@H]2[C@@H]3OC[C@@H](O3)[C@@H](OCc3ccccc3)[C@@H]2I)cc1. The Bertz CT molecular complexity index is 906. The van der Waals surface area contributed by atoms with Crippen molar-refractivity contribution in [3.63, 3.8) is 0 Å². The molecule has 8 heteroatoms. The van der Waals surface area contributed by atoms with E-state index in [1.54, 1.807) is 24.3 Å². The average Bonchev–Trinajstić information content (AvgIpc) is 3.12. The van der Waals surface area contributed by atoms with Gasteiger partial charge >= 0.3 is 0 Å². The van der Waals surface area contributed by atoms with Gasteiger partial charge in [-0.1, -0.05) is 70.6 Å². The molecular formula is C20H22INO5S. The summed E-state index contributed by atoms with van der Waals surface area (Å²) in [7, 11) is -3.69. The van der Waals surface area contributed by atoms with Crippen molar-refractivity contribution in [1.29, 1.82) is 0 Å². The summed E-state index contributed by atoms with van der Waals surface area (Å²) in [5.41, 5.74) is 2.06. The molecule has 0 amide bonds. The monoisotopic (exact) mass is 515 g/mol. The molecule has 2 aliphatic heterocycles. The first-order valence-corrected chi connectivity index (χ1v) is 11.8. The Kier molecular flexibility index (Phi) is 6.05. The lowest BCUT2D eigenvalue weighted by molar-refractivity contribution is -0.145. The predicted octanol–water partition coefficient (Wildman–Crippen LogP) is 2.79. The normalized spacial score (nSPS) is 29.7.